The molecule has 0 radical (unpaired) electrons. The van der Waals surface area contributed by atoms with Gasteiger partial charge in [0.05, 0.1) is 26.2 Å². The number of hydrogen-bond donors (Lipinski definition) is 1. The molecule has 1 saturated heterocycles. The maximum atomic E-state index is 13.1. The van der Waals surface area contributed by atoms with Crippen LogP contribution in [0.3, 0.4) is 0 Å². The van der Waals surface area contributed by atoms with Gasteiger partial charge in [-0.05, 0) is 50.6 Å². The number of para-hydroxylation sites is 1. The van der Waals surface area contributed by atoms with Crippen LogP contribution in [-0.4, -0.2) is 32.1 Å². The van der Waals surface area contributed by atoms with E-state index in [4.69, 9.17) is 9.47 Å². The molecule has 3 rings (SSSR count). The van der Waals surface area contributed by atoms with Gasteiger partial charge in [0.25, 0.3) is 0 Å². The quantitative estimate of drug-likeness (QED) is 0.808. The van der Waals surface area contributed by atoms with Crippen molar-refractivity contribution in [3.05, 3.63) is 54.1 Å². The summed E-state index contributed by atoms with van der Waals surface area (Å²) in [6.07, 6.45) is 0.806. The largest absolute Gasteiger partial charge is 0.497 e. The van der Waals surface area contributed by atoms with Crippen LogP contribution in [0.5, 0.6) is 11.5 Å². The number of hydrogen-bond acceptors (Lipinski definition) is 4. The fraction of sp³-hybridized carbons (Fsp3) is 0.391. The number of ether oxygens (including phenoxy) is 2. The molecule has 0 aromatic heterocycles. The Hall–Kier alpha value is -3.02. The second-order valence-electron chi connectivity index (χ2n) is 7.46. The van der Waals surface area contributed by atoms with Gasteiger partial charge in [-0.15, -0.1) is 0 Å². The zero-order valence-corrected chi connectivity index (χ0v) is 17.3. The minimum Gasteiger partial charge on any atom is -0.497 e. The number of methoxy groups -OCH3 is 2. The number of carbonyl (C=O) groups excluding carboxylic acids is 2. The average Bonchev–Trinajstić information content (AvgIpc) is 2.73. The van der Waals surface area contributed by atoms with E-state index in [1.807, 2.05) is 62.4 Å². The van der Waals surface area contributed by atoms with Gasteiger partial charge < -0.3 is 19.7 Å². The summed E-state index contributed by atoms with van der Waals surface area (Å²) < 4.78 is 10.8. The number of piperidine rings is 1. The predicted molar refractivity (Wildman–Crippen MR) is 112 cm³/mol. The Morgan fingerprint density at radius 2 is 1.76 bits per heavy atom. The zero-order chi connectivity index (χ0) is 21.0. The van der Waals surface area contributed by atoms with Gasteiger partial charge >= 0.3 is 0 Å². The molecule has 2 amide bonds. The van der Waals surface area contributed by atoms with E-state index in [1.165, 1.54) is 0 Å². The van der Waals surface area contributed by atoms with E-state index in [2.05, 4.69) is 5.32 Å². The molecule has 0 spiro atoms. The van der Waals surface area contributed by atoms with Gasteiger partial charge in [-0.25, -0.2) is 0 Å². The normalized spacial score (nSPS) is 19.2. The van der Waals surface area contributed by atoms with Crippen LogP contribution in [-0.2, 0) is 9.59 Å². The SMILES string of the molecule is COc1ccc(N2C(=O)CCC(C(=O)NC(C)C)C2c2ccccc2OC)cc1. The van der Waals surface area contributed by atoms with Crippen LogP contribution < -0.4 is 19.7 Å². The number of anilines is 1. The number of nitrogens with one attached hydrogen (secondary N) is 1. The summed E-state index contributed by atoms with van der Waals surface area (Å²) in [4.78, 5) is 27.8. The van der Waals surface area contributed by atoms with Gasteiger partial charge in [0, 0.05) is 23.7 Å². The smallest absolute Gasteiger partial charge is 0.227 e. The number of benzene rings is 2. The van der Waals surface area contributed by atoms with Crippen LogP contribution >= 0.6 is 0 Å². The van der Waals surface area contributed by atoms with Gasteiger partial charge in [-0.1, -0.05) is 18.2 Å². The van der Waals surface area contributed by atoms with Crippen molar-refractivity contribution >= 4 is 17.5 Å². The van der Waals surface area contributed by atoms with Crippen molar-refractivity contribution < 1.29 is 19.1 Å². The monoisotopic (exact) mass is 396 g/mol. The molecule has 1 aliphatic rings. The fourth-order valence-electron chi connectivity index (χ4n) is 3.87. The molecule has 2 unspecified atom stereocenters. The van der Waals surface area contributed by atoms with Crippen molar-refractivity contribution in [2.75, 3.05) is 19.1 Å². The Kier molecular flexibility index (Phi) is 6.42. The van der Waals surface area contributed by atoms with Crippen LogP contribution in [0.15, 0.2) is 48.5 Å². The highest BCUT2D eigenvalue weighted by molar-refractivity contribution is 5.97. The first-order valence-corrected chi connectivity index (χ1v) is 9.85. The van der Waals surface area contributed by atoms with Gasteiger partial charge in [0.2, 0.25) is 11.8 Å². The van der Waals surface area contributed by atoms with Crippen molar-refractivity contribution in [2.45, 2.75) is 38.8 Å². The highest BCUT2D eigenvalue weighted by atomic mass is 16.5. The summed E-state index contributed by atoms with van der Waals surface area (Å²) in [7, 11) is 3.20. The predicted octanol–water partition coefficient (Wildman–Crippen LogP) is 3.71. The second-order valence-corrected chi connectivity index (χ2v) is 7.46. The molecular formula is C23H28N2O4. The third kappa shape index (κ3) is 4.36. The van der Waals surface area contributed by atoms with Gasteiger partial charge in [-0.2, -0.15) is 0 Å². The summed E-state index contributed by atoms with van der Waals surface area (Å²) in [6.45, 7) is 3.87. The maximum absolute atomic E-state index is 13.1. The first-order valence-electron chi connectivity index (χ1n) is 9.85. The molecule has 0 aliphatic carbocycles. The molecule has 154 valence electrons. The lowest BCUT2D eigenvalue weighted by Crippen LogP contribution is -2.49. The molecule has 6 nitrogen and oxygen atoms in total. The fourth-order valence-corrected chi connectivity index (χ4v) is 3.87. The summed E-state index contributed by atoms with van der Waals surface area (Å²) in [5, 5.41) is 3.02. The summed E-state index contributed by atoms with van der Waals surface area (Å²) in [6, 6.07) is 14.5. The Morgan fingerprint density at radius 3 is 2.38 bits per heavy atom. The number of amides is 2. The summed E-state index contributed by atoms with van der Waals surface area (Å²) in [5.74, 6) is 0.921. The molecule has 6 heteroatoms. The van der Waals surface area contributed by atoms with E-state index in [1.54, 1.807) is 19.1 Å². The lowest BCUT2D eigenvalue weighted by Gasteiger charge is -2.41. The third-order valence-corrected chi connectivity index (χ3v) is 5.17. The average molecular weight is 396 g/mol. The summed E-state index contributed by atoms with van der Waals surface area (Å²) in [5.41, 5.74) is 1.55. The molecule has 0 bridgehead atoms. The van der Waals surface area contributed by atoms with Crippen molar-refractivity contribution in [1.29, 1.82) is 0 Å². The molecule has 1 heterocycles. The Labute approximate surface area is 171 Å². The molecule has 2 aromatic carbocycles. The third-order valence-electron chi connectivity index (χ3n) is 5.17. The maximum Gasteiger partial charge on any atom is 0.227 e. The van der Waals surface area contributed by atoms with Gasteiger partial charge in [0.15, 0.2) is 0 Å². The molecule has 29 heavy (non-hydrogen) atoms. The van der Waals surface area contributed by atoms with Crippen LogP contribution in [0.1, 0.15) is 38.3 Å². The van der Waals surface area contributed by atoms with Crippen LogP contribution in [0, 0.1) is 5.92 Å². The Balaban J connectivity index is 2.11. The number of carbonyl (C=O) groups is 2. The van der Waals surface area contributed by atoms with Gasteiger partial charge in [-0.3, -0.25) is 9.59 Å². The van der Waals surface area contributed by atoms with E-state index in [0.29, 0.717) is 24.3 Å². The lowest BCUT2D eigenvalue weighted by atomic mass is 9.82. The first kappa shape index (κ1) is 20.7. The van der Waals surface area contributed by atoms with Crippen molar-refractivity contribution in [2.24, 2.45) is 5.92 Å². The van der Waals surface area contributed by atoms with E-state index in [0.717, 1.165) is 11.3 Å². The van der Waals surface area contributed by atoms with Crippen LogP contribution in [0.4, 0.5) is 5.69 Å². The molecule has 1 N–H and O–H groups in total. The minimum atomic E-state index is -0.459. The van der Waals surface area contributed by atoms with Crippen LogP contribution in [0.25, 0.3) is 0 Å². The molecule has 2 aromatic rings. The first-order chi connectivity index (χ1) is 14.0. The van der Waals surface area contributed by atoms with E-state index >= 15 is 0 Å². The van der Waals surface area contributed by atoms with Crippen molar-refractivity contribution in [3.63, 3.8) is 0 Å². The van der Waals surface area contributed by atoms with Gasteiger partial charge in [0.1, 0.15) is 11.5 Å². The lowest BCUT2D eigenvalue weighted by molar-refractivity contribution is -0.129. The second kappa shape index (κ2) is 8.99. The van der Waals surface area contributed by atoms with Crippen molar-refractivity contribution in [1.82, 2.24) is 5.32 Å². The molecular weight excluding hydrogens is 368 g/mol. The topological polar surface area (TPSA) is 67.9 Å². The highest BCUT2D eigenvalue weighted by Gasteiger charge is 2.42. The summed E-state index contributed by atoms with van der Waals surface area (Å²) >= 11 is 0. The Morgan fingerprint density at radius 1 is 1.07 bits per heavy atom. The Bertz CT molecular complexity index is 863. The van der Waals surface area contributed by atoms with Crippen molar-refractivity contribution in [3.8, 4) is 11.5 Å². The van der Waals surface area contributed by atoms with E-state index < -0.39 is 6.04 Å². The molecule has 2 atom stereocenters. The number of rotatable bonds is 6. The molecule has 1 fully saturated rings. The zero-order valence-electron chi connectivity index (χ0n) is 17.3. The number of nitrogens with zero attached hydrogens (tertiary/aromatic N) is 1. The van der Waals surface area contributed by atoms with Crippen LogP contribution in [0.2, 0.25) is 0 Å². The minimum absolute atomic E-state index is 0.0142. The standard InChI is InChI=1S/C23H28N2O4/c1-15(2)24-23(27)19-13-14-21(26)25(16-9-11-17(28-3)12-10-16)22(19)18-7-5-6-8-20(18)29-4/h5-12,15,19,22H,13-14H2,1-4H3,(H,24,27). The van der Waals surface area contributed by atoms with E-state index in [9.17, 15) is 9.59 Å². The van der Waals surface area contributed by atoms with E-state index in [-0.39, 0.29) is 23.8 Å². The molecule has 1 aliphatic heterocycles. The highest BCUT2D eigenvalue weighted by Crippen LogP contribution is 2.43. The molecule has 0 saturated carbocycles.